The molecule has 0 saturated carbocycles. The van der Waals surface area contributed by atoms with Gasteiger partial charge in [0.05, 0.1) is 12.3 Å². The van der Waals surface area contributed by atoms with Gasteiger partial charge in [0.1, 0.15) is 6.54 Å². The van der Waals surface area contributed by atoms with E-state index in [2.05, 4.69) is 21.5 Å². The zero-order valence-electron chi connectivity index (χ0n) is 15.5. The first-order valence-corrected chi connectivity index (χ1v) is 9.39. The molecule has 0 bridgehead atoms. The minimum Gasteiger partial charge on any atom is -0.372 e. The number of nitrogens with zero attached hydrogens (tertiary/aromatic N) is 4. The van der Waals surface area contributed by atoms with Crippen LogP contribution >= 0.6 is 0 Å². The molecule has 28 heavy (non-hydrogen) atoms. The summed E-state index contributed by atoms with van der Waals surface area (Å²) in [6.07, 6.45) is 5.94. The summed E-state index contributed by atoms with van der Waals surface area (Å²) in [6, 6.07) is 17.6. The van der Waals surface area contributed by atoms with Crippen molar-refractivity contribution in [1.29, 1.82) is 5.26 Å². The predicted molar refractivity (Wildman–Crippen MR) is 111 cm³/mol. The molecule has 0 spiro atoms. The summed E-state index contributed by atoms with van der Waals surface area (Å²) in [5.41, 5.74) is 6.14. The highest BCUT2D eigenvalue weighted by atomic mass is 16.2. The number of para-hydroxylation sites is 1. The first kappa shape index (κ1) is 17.8. The average molecular weight is 371 g/mol. The van der Waals surface area contributed by atoms with Crippen LogP contribution in [0.1, 0.15) is 28.8 Å². The van der Waals surface area contributed by atoms with Crippen LogP contribution in [0.5, 0.6) is 0 Å². The van der Waals surface area contributed by atoms with E-state index in [1.54, 1.807) is 6.21 Å². The Balaban J connectivity index is 1.45. The lowest BCUT2D eigenvalue weighted by Gasteiger charge is -2.17. The summed E-state index contributed by atoms with van der Waals surface area (Å²) >= 11 is 0. The monoisotopic (exact) mass is 371 g/mol. The molecule has 1 N–H and O–H groups in total. The van der Waals surface area contributed by atoms with E-state index in [9.17, 15) is 4.79 Å². The number of hydrogen-bond donors (Lipinski definition) is 1. The van der Waals surface area contributed by atoms with Crippen molar-refractivity contribution in [3.8, 4) is 6.07 Å². The molecule has 3 aromatic rings. The average Bonchev–Trinajstić information content (AvgIpc) is 3.38. The van der Waals surface area contributed by atoms with Gasteiger partial charge in [-0.15, -0.1) is 0 Å². The zero-order valence-corrected chi connectivity index (χ0v) is 15.5. The van der Waals surface area contributed by atoms with Crippen LogP contribution < -0.4 is 10.3 Å². The van der Waals surface area contributed by atoms with E-state index >= 15 is 0 Å². The van der Waals surface area contributed by atoms with Crippen molar-refractivity contribution in [3.05, 3.63) is 65.9 Å². The number of carbonyl (C=O) groups is 1. The molecular weight excluding hydrogens is 350 g/mol. The van der Waals surface area contributed by atoms with Gasteiger partial charge in [-0.1, -0.05) is 18.2 Å². The Hall–Kier alpha value is -3.59. The van der Waals surface area contributed by atoms with Crippen molar-refractivity contribution in [2.24, 2.45) is 5.10 Å². The zero-order chi connectivity index (χ0) is 19.3. The third kappa shape index (κ3) is 3.60. The van der Waals surface area contributed by atoms with Gasteiger partial charge in [-0.25, -0.2) is 5.43 Å². The van der Waals surface area contributed by atoms with Gasteiger partial charge >= 0.3 is 0 Å². The Bertz CT molecular complexity index is 1050. The second-order valence-corrected chi connectivity index (χ2v) is 6.83. The lowest BCUT2D eigenvalue weighted by molar-refractivity contribution is 0.0955. The van der Waals surface area contributed by atoms with E-state index in [0.29, 0.717) is 5.56 Å². The molecule has 2 heterocycles. The molecule has 140 valence electrons. The molecule has 6 nitrogen and oxygen atoms in total. The van der Waals surface area contributed by atoms with E-state index < -0.39 is 0 Å². The number of aromatic nitrogens is 1. The molecule has 1 saturated heterocycles. The van der Waals surface area contributed by atoms with Crippen LogP contribution in [0.15, 0.2) is 59.8 Å². The highest BCUT2D eigenvalue weighted by Crippen LogP contribution is 2.21. The van der Waals surface area contributed by atoms with Gasteiger partial charge in [0, 0.05) is 47.0 Å². The van der Waals surface area contributed by atoms with Gasteiger partial charge in [-0.3, -0.25) is 4.79 Å². The fraction of sp³-hybridized carbons (Fsp3) is 0.227. The van der Waals surface area contributed by atoms with Crippen molar-refractivity contribution in [3.63, 3.8) is 0 Å². The van der Waals surface area contributed by atoms with E-state index in [0.717, 1.165) is 35.2 Å². The number of fused-ring (bicyclic) bond motifs is 1. The summed E-state index contributed by atoms with van der Waals surface area (Å²) in [4.78, 5) is 14.7. The number of benzene rings is 2. The van der Waals surface area contributed by atoms with Crippen molar-refractivity contribution in [2.45, 2.75) is 19.4 Å². The highest BCUT2D eigenvalue weighted by Gasteiger charge is 2.13. The fourth-order valence-electron chi connectivity index (χ4n) is 3.61. The van der Waals surface area contributed by atoms with Gasteiger partial charge in [0.2, 0.25) is 0 Å². The molecule has 0 unspecified atom stereocenters. The van der Waals surface area contributed by atoms with E-state index in [1.807, 2.05) is 59.3 Å². The van der Waals surface area contributed by atoms with Crippen molar-refractivity contribution in [1.82, 2.24) is 9.99 Å². The van der Waals surface area contributed by atoms with Crippen LogP contribution in [0, 0.1) is 11.3 Å². The van der Waals surface area contributed by atoms with Crippen LogP contribution in [-0.4, -0.2) is 29.8 Å². The molecular formula is C22H21N5O. The minimum atomic E-state index is -0.245. The molecule has 1 aromatic heterocycles. The maximum Gasteiger partial charge on any atom is 0.271 e. The smallest absolute Gasteiger partial charge is 0.271 e. The normalized spacial score (nSPS) is 13.9. The Kier molecular flexibility index (Phi) is 5.07. The molecule has 0 aliphatic carbocycles. The second-order valence-electron chi connectivity index (χ2n) is 6.83. The lowest BCUT2D eigenvalue weighted by Crippen LogP contribution is -2.19. The summed E-state index contributed by atoms with van der Waals surface area (Å²) in [6.45, 7) is 2.43. The van der Waals surface area contributed by atoms with E-state index in [-0.39, 0.29) is 12.5 Å². The number of amides is 1. The van der Waals surface area contributed by atoms with Crippen LogP contribution in [0.25, 0.3) is 10.9 Å². The third-order valence-corrected chi connectivity index (χ3v) is 5.03. The Morgan fingerprint density at radius 3 is 2.64 bits per heavy atom. The number of anilines is 1. The van der Waals surface area contributed by atoms with Gasteiger partial charge in [-0.2, -0.15) is 10.4 Å². The van der Waals surface area contributed by atoms with Crippen LogP contribution in [0.2, 0.25) is 0 Å². The molecule has 1 aliphatic rings. The summed E-state index contributed by atoms with van der Waals surface area (Å²) < 4.78 is 1.87. The summed E-state index contributed by atoms with van der Waals surface area (Å²) in [5, 5.41) is 14.1. The van der Waals surface area contributed by atoms with Gasteiger partial charge < -0.3 is 9.47 Å². The quantitative estimate of drug-likeness (QED) is 0.551. The molecule has 1 fully saturated rings. The number of rotatable bonds is 5. The molecule has 2 aromatic carbocycles. The van der Waals surface area contributed by atoms with E-state index in [1.165, 1.54) is 12.8 Å². The first-order valence-electron chi connectivity index (χ1n) is 9.39. The van der Waals surface area contributed by atoms with Crippen molar-refractivity contribution >= 4 is 28.7 Å². The van der Waals surface area contributed by atoms with Gasteiger partial charge in [0.15, 0.2) is 0 Å². The van der Waals surface area contributed by atoms with Crippen LogP contribution in [0.4, 0.5) is 5.69 Å². The topological polar surface area (TPSA) is 73.4 Å². The van der Waals surface area contributed by atoms with Crippen molar-refractivity contribution < 1.29 is 4.79 Å². The molecule has 1 aliphatic heterocycles. The van der Waals surface area contributed by atoms with Crippen LogP contribution in [0.3, 0.4) is 0 Å². The lowest BCUT2D eigenvalue weighted by atomic mass is 10.2. The second kappa shape index (κ2) is 7.97. The fourth-order valence-corrected chi connectivity index (χ4v) is 3.61. The molecule has 6 heteroatoms. The number of nitrogens with one attached hydrogen (secondary N) is 1. The largest absolute Gasteiger partial charge is 0.372 e. The van der Waals surface area contributed by atoms with E-state index in [4.69, 9.17) is 5.26 Å². The molecule has 0 radical (unpaired) electrons. The number of carbonyl (C=O) groups excluding carboxylic acids is 1. The van der Waals surface area contributed by atoms with Gasteiger partial charge in [0.25, 0.3) is 5.91 Å². The minimum absolute atomic E-state index is 0.245. The maximum absolute atomic E-state index is 12.4. The Morgan fingerprint density at radius 2 is 1.89 bits per heavy atom. The molecule has 4 rings (SSSR count). The maximum atomic E-state index is 12.4. The third-order valence-electron chi connectivity index (χ3n) is 5.03. The Morgan fingerprint density at radius 1 is 1.14 bits per heavy atom. The number of nitriles is 1. The number of hydrogen-bond acceptors (Lipinski definition) is 4. The van der Waals surface area contributed by atoms with Crippen molar-refractivity contribution in [2.75, 3.05) is 18.0 Å². The predicted octanol–water partition coefficient (Wildman–Crippen LogP) is 3.53. The molecule has 1 amide bonds. The van der Waals surface area contributed by atoms with Crippen LogP contribution in [-0.2, 0) is 6.54 Å². The summed E-state index contributed by atoms with van der Waals surface area (Å²) in [7, 11) is 0. The number of hydrazone groups is 1. The molecule has 0 atom stereocenters. The first-order chi connectivity index (χ1) is 13.8. The summed E-state index contributed by atoms with van der Waals surface area (Å²) in [5.74, 6) is -0.245. The SMILES string of the molecule is N#CCn1cc(/C=N\NC(=O)c2ccc(N3CCCC3)cc2)c2ccccc21. The standard InChI is InChI=1S/C22H21N5O/c23-11-14-27-16-18(20-5-1-2-6-21(20)27)15-24-25-22(28)17-7-9-19(10-8-17)26-12-3-4-13-26/h1-2,5-10,15-16H,3-4,12-14H2,(H,25,28)/b24-15-. The highest BCUT2D eigenvalue weighted by molar-refractivity contribution is 6.00. The van der Waals surface area contributed by atoms with Gasteiger partial charge in [-0.05, 0) is 43.2 Å². The Labute approximate surface area is 163 Å².